The lowest BCUT2D eigenvalue weighted by atomic mass is 9.46. The van der Waals surface area contributed by atoms with Crippen LogP contribution in [0, 0.1) is 39.9 Å². The van der Waals surface area contributed by atoms with E-state index in [-0.39, 0.29) is 11.0 Å². The number of ether oxygens (including phenoxy) is 2. The van der Waals surface area contributed by atoms with Gasteiger partial charge in [-0.25, -0.2) is 0 Å². The highest BCUT2D eigenvalue weighted by atomic mass is 16.7. The Hall–Kier alpha value is -0.850. The predicted molar refractivity (Wildman–Crippen MR) is 100 cm³/mol. The molecule has 3 saturated carbocycles. The van der Waals surface area contributed by atoms with E-state index in [1.54, 1.807) is 12.7 Å². The normalized spacial score (nSPS) is 54.7. The third kappa shape index (κ3) is 1.81. The summed E-state index contributed by atoms with van der Waals surface area (Å²) in [7, 11) is 1.69. The summed E-state index contributed by atoms with van der Waals surface area (Å²) in [6, 6.07) is 2.51. The summed E-state index contributed by atoms with van der Waals surface area (Å²) in [5, 5.41) is 9.88. The van der Waals surface area contributed by atoms with E-state index in [4.69, 9.17) is 9.47 Å². The molecule has 4 fully saturated rings. The van der Waals surface area contributed by atoms with Crippen molar-refractivity contribution >= 4 is 0 Å². The van der Waals surface area contributed by atoms with E-state index >= 15 is 0 Å². The number of fused-ring (bicyclic) bond motifs is 6. The SMILES string of the molecule is COCC1(C#N)O[C@@]12CC[C@H]1[C@@H]3CCC4=CCCC[C@]4(C)[C@H]3CC[C@@]12C. The molecule has 1 saturated heterocycles. The highest BCUT2D eigenvalue weighted by molar-refractivity contribution is 5.36. The molecule has 4 aliphatic carbocycles. The highest BCUT2D eigenvalue weighted by Crippen LogP contribution is 2.75. The van der Waals surface area contributed by atoms with Gasteiger partial charge in [-0.15, -0.1) is 0 Å². The van der Waals surface area contributed by atoms with E-state index in [1.165, 1.54) is 51.4 Å². The minimum atomic E-state index is -0.688. The molecule has 0 N–H and O–H groups in total. The van der Waals surface area contributed by atoms with Crippen LogP contribution in [-0.4, -0.2) is 24.9 Å². The summed E-state index contributed by atoms with van der Waals surface area (Å²) in [6.07, 6.45) is 14.1. The zero-order valence-electron chi connectivity index (χ0n) is 16.6. The van der Waals surface area contributed by atoms with Crippen molar-refractivity contribution in [3.8, 4) is 6.07 Å². The summed E-state index contributed by atoms with van der Waals surface area (Å²) in [6.45, 7) is 5.44. The Labute approximate surface area is 158 Å². The van der Waals surface area contributed by atoms with Gasteiger partial charge in [0, 0.05) is 12.5 Å². The molecule has 0 aromatic heterocycles. The van der Waals surface area contributed by atoms with Gasteiger partial charge in [0.15, 0.2) is 0 Å². The summed E-state index contributed by atoms with van der Waals surface area (Å²) in [5.41, 5.74) is 1.43. The first-order chi connectivity index (χ1) is 12.5. The van der Waals surface area contributed by atoms with Crippen LogP contribution in [0.2, 0.25) is 0 Å². The Morgan fingerprint density at radius 2 is 2.00 bits per heavy atom. The first-order valence-electron chi connectivity index (χ1n) is 10.8. The number of hydrogen-bond acceptors (Lipinski definition) is 3. The Morgan fingerprint density at radius 1 is 1.19 bits per heavy atom. The Balaban J connectivity index is 1.48. The van der Waals surface area contributed by atoms with Crippen LogP contribution in [0.5, 0.6) is 0 Å². The number of epoxide rings is 1. The van der Waals surface area contributed by atoms with Gasteiger partial charge in [0.1, 0.15) is 11.7 Å². The molecule has 5 aliphatic rings. The van der Waals surface area contributed by atoms with Gasteiger partial charge in [-0.3, -0.25) is 0 Å². The van der Waals surface area contributed by atoms with E-state index in [0.29, 0.717) is 17.9 Å². The molecule has 1 spiro atoms. The molecule has 0 aromatic carbocycles. The van der Waals surface area contributed by atoms with Crippen molar-refractivity contribution in [2.24, 2.45) is 28.6 Å². The van der Waals surface area contributed by atoms with Crippen molar-refractivity contribution in [2.45, 2.75) is 82.8 Å². The van der Waals surface area contributed by atoms with Crippen molar-refractivity contribution in [3.05, 3.63) is 11.6 Å². The minimum Gasteiger partial charge on any atom is -0.380 e. The maximum absolute atomic E-state index is 9.88. The first-order valence-corrected chi connectivity index (χ1v) is 10.8. The van der Waals surface area contributed by atoms with Crippen LogP contribution < -0.4 is 0 Å². The number of nitriles is 1. The average Bonchev–Trinajstić information content (AvgIpc) is 3.19. The van der Waals surface area contributed by atoms with Crippen molar-refractivity contribution in [3.63, 3.8) is 0 Å². The van der Waals surface area contributed by atoms with E-state index in [0.717, 1.165) is 18.3 Å². The van der Waals surface area contributed by atoms with Gasteiger partial charge in [0.2, 0.25) is 5.60 Å². The van der Waals surface area contributed by atoms with Crippen molar-refractivity contribution < 1.29 is 9.47 Å². The van der Waals surface area contributed by atoms with Gasteiger partial charge in [-0.2, -0.15) is 5.26 Å². The number of nitrogens with zero attached hydrogens (tertiary/aromatic N) is 1. The highest BCUT2D eigenvalue weighted by Gasteiger charge is 2.82. The van der Waals surface area contributed by atoms with Crippen LogP contribution in [0.3, 0.4) is 0 Å². The van der Waals surface area contributed by atoms with E-state index < -0.39 is 5.60 Å². The molecule has 0 amide bonds. The van der Waals surface area contributed by atoms with Gasteiger partial charge < -0.3 is 9.47 Å². The maximum Gasteiger partial charge on any atom is 0.207 e. The first kappa shape index (κ1) is 17.3. The number of rotatable bonds is 2. The number of hydrogen-bond donors (Lipinski definition) is 0. The fourth-order valence-electron chi connectivity index (χ4n) is 8.35. The molecule has 7 atom stereocenters. The molecule has 3 heteroatoms. The third-order valence-corrected chi connectivity index (χ3v) is 9.63. The van der Waals surface area contributed by atoms with Gasteiger partial charge in [0.05, 0.1) is 6.61 Å². The second-order valence-corrected chi connectivity index (χ2v) is 10.3. The van der Waals surface area contributed by atoms with Gasteiger partial charge in [-0.1, -0.05) is 25.5 Å². The summed E-state index contributed by atoms with van der Waals surface area (Å²) < 4.78 is 11.7. The molecule has 1 aliphatic heterocycles. The van der Waals surface area contributed by atoms with E-state index in [1.807, 2.05) is 0 Å². The second kappa shape index (κ2) is 5.36. The molecule has 0 bridgehead atoms. The van der Waals surface area contributed by atoms with Gasteiger partial charge in [0.25, 0.3) is 0 Å². The van der Waals surface area contributed by atoms with Crippen LogP contribution in [0.4, 0.5) is 0 Å². The zero-order chi connectivity index (χ0) is 18.2. The molecule has 142 valence electrons. The van der Waals surface area contributed by atoms with Crippen LogP contribution in [0.25, 0.3) is 0 Å². The largest absolute Gasteiger partial charge is 0.380 e. The van der Waals surface area contributed by atoms with E-state index in [2.05, 4.69) is 26.0 Å². The molecule has 1 unspecified atom stereocenters. The average molecular weight is 356 g/mol. The molecule has 0 aromatic rings. The van der Waals surface area contributed by atoms with Crippen molar-refractivity contribution in [1.82, 2.24) is 0 Å². The standard InChI is InChI=1S/C23H33NO2/c1-20-11-5-4-6-16(20)7-8-17-18(20)9-12-21(2)19(17)10-13-23(21)22(14-24,26-23)15-25-3/h6,17-19H,4-5,7-13,15H2,1-3H3/t17-,18+,19+,20+,21+,22?,23-/m1/s1. The lowest BCUT2D eigenvalue weighted by Crippen LogP contribution is -2.53. The van der Waals surface area contributed by atoms with Gasteiger partial charge >= 0.3 is 0 Å². The molecular formula is C23H33NO2. The minimum absolute atomic E-state index is 0.147. The van der Waals surface area contributed by atoms with Crippen LogP contribution >= 0.6 is 0 Å². The Morgan fingerprint density at radius 3 is 2.77 bits per heavy atom. The number of allylic oxidation sites excluding steroid dienone is 2. The Kier molecular flexibility index (Phi) is 3.56. The summed E-state index contributed by atoms with van der Waals surface area (Å²) in [4.78, 5) is 0. The second-order valence-electron chi connectivity index (χ2n) is 10.3. The summed E-state index contributed by atoms with van der Waals surface area (Å²) in [5.74, 6) is 2.37. The summed E-state index contributed by atoms with van der Waals surface area (Å²) >= 11 is 0. The fourth-order valence-corrected chi connectivity index (χ4v) is 8.35. The quantitative estimate of drug-likeness (QED) is 0.516. The van der Waals surface area contributed by atoms with Crippen LogP contribution in [-0.2, 0) is 9.47 Å². The topological polar surface area (TPSA) is 45.5 Å². The lowest BCUT2D eigenvalue weighted by Gasteiger charge is -2.58. The third-order valence-electron chi connectivity index (χ3n) is 9.63. The van der Waals surface area contributed by atoms with Crippen LogP contribution in [0.15, 0.2) is 11.6 Å². The number of methoxy groups -OCH3 is 1. The maximum atomic E-state index is 9.88. The molecule has 5 rings (SSSR count). The molecule has 26 heavy (non-hydrogen) atoms. The molecular weight excluding hydrogens is 322 g/mol. The van der Waals surface area contributed by atoms with E-state index in [9.17, 15) is 5.26 Å². The fraction of sp³-hybridized carbons (Fsp3) is 0.870. The monoisotopic (exact) mass is 355 g/mol. The Bertz CT molecular complexity index is 695. The van der Waals surface area contributed by atoms with Crippen molar-refractivity contribution in [2.75, 3.05) is 13.7 Å². The molecule has 1 heterocycles. The van der Waals surface area contributed by atoms with Gasteiger partial charge in [-0.05, 0) is 81.0 Å². The smallest absolute Gasteiger partial charge is 0.207 e. The predicted octanol–water partition coefficient (Wildman–Crippen LogP) is 5.02. The zero-order valence-corrected chi connectivity index (χ0v) is 16.6. The molecule has 0 radical (unpaired) electrons. The molecule has 3 nitrogen and oxygen atoms in total. The van der Waals surface area contributed by atoms with Crippen molar-refractivity contribution in [1.29, 1.82) is 5.26 Å². The van der Waals surface area contributed by atoms with Crippen LogP contribution in [0.1, 0.15) is 71.6 Å². The lowest BCUT2D eigenvalue weighted by molar-refractivity contribution is -0.0579.